The van der Waals surface area contributed by atoms with Crippen molar-refractivity contribution in [1.29, 1.82) is 0 Å². The van der Waals surface area contributed by atoms with Gasteiger partial charge in [-0.1, -0.05) is 37.7 Å². The lowest BCUT2D eigenvalue weighted by Crippen LogP contribution is -2.22. The number of hydrogen-bond donors (Lipinski definition) is 1. The second-order valence-corrected chi connectivity index (χ2v) is 5.90. The van der Waals surface area contributed by atoms with Crippen LogP contribution in [0.25, 0.3) is 0 Å². The Balaban J connectivity index is 2.23. The third kappa shape index (κ3) is 4.05. The van der Waals surface area contributed by atoms with Gasteiger partial charge >= 0.3 is 0 Å². The van der Waals surface area contributed by atoms with Crippen LogP contribution in [0.5, 0.6) is 0 Å². The fourth-order valence-electron chi connectivity index (χ4n) is 1.74. The van der Waals surface area contributed by atoms with E-state index in [2.05, 4.69) is 5.32 Å². The molecular weight excluding hydrogens is 276 g/mol. The summed E-state index contributed by atoms with van der Waals surface area (Å²) in [5.41, 5.74) is 0.910. The zero-order valence-electron chi connectivity index (χ0n) is 11.5. The van der Waals surface area contributed by atoms with Gasteiger partial charge in [0.25, 0.3) is 0 Å². The maximum absolute atomic E-state index is 14.0. The normalized spacial score (nSPS) is 11.1. The molecule has 20 heavy (non-hydrogen) atoms. The van der Waals surface area contributed by atoms with E-state index in [1.54, 1.807) is 18.2 Å². The largest absolute Gasteiger partial charge is 0.310 e. The Morgan fingerprint density at radius 1 is 1.05 bits per heavy atom. The van der Waals surface area contributed by atoms with Crippen molar-refractivity contribution in [2.24, 2.45) is 0 Å². The molecule has 0 aliphatic carbocycles. The number of hydrogen-bond acceptors (Lipinski definition) is 2. The van der Waals surface area contributed by atoms with Crippen LogP contribution in [0.4, 0.5) is 8.78 Å². The van der Waals surface area contributed by atoms with E-state index in [0.717, 1.165) is 10.5 Å². The summed E-state index contributed by atoms with van der Waals surface area (Å²) in [6.07, 6.45) is 0. The fourth-order valence-corrected chi connectivity index (χ4v) is 2.69. The van der Waals surface area contributed by atoms with Crippen molar-refractivity contribution >= 4 is 11.8 Å². The van der Waals surface area contributed by atoms with Crippen LogP contribution in [-0.4, -0.2) is 6.04 Å². The van der Waals surface area contributed by atoms with Gasteiger partial charge in [-0.2, -0.15) is 0 Å². The first-order valence-electron chi connectivity index (χ1n) is 6.50. The van der Waals surface area contributed by atoms with E-state index in [4.69, 9.17) is 0 Å². The summed E-state index contributed by atoms with van der Waals surface area (Å²) in [6.45, 7) is 4.71. The molecule has 0 spiro atoms. The fraction of sp³-hybridized carbons (Fsp3) is 0.250. The van der Waals surface area contributed by atoms with Gasteiger partial charge in [-0.25, -0.2) is 8.78 Å². The van der Waals surface area contributed by atoms with Crippen molar-refractivity contribution in [2.75, 3.05) is 0 Å². The first kappa shape index (κ1) is 15.0. The predicted octanol–water partition coefficient (Wildman–Crippen LogP) is 4.61. The van der Waals surface area contributed by atoms with Gasteiger partial charge in [0.15, 0.2) is 0 Å². The summed E-state index contributed by atoms with van der Waals surface area (Å²) in [6, 6.07) is 11.5. The van der Waals surface area contributed by atoms with E-state index in [1.165, 1.54) is 30.0 Å². The second kappa shape index (κ2) is 6.86. The molecule has 0 saturated carbocycles. The van der Waals surface area contributed by atoms with Gasteiger partial charge in [-0.3, -0.25) is 0 Å². The highest BCUT2D eigenvalue weighted by Crippen LogP contribution is 2.32. The van der Waals surface area contributed by atoms with E-state index in [1.807, 2.05) is 19.9 Å². The van der Waals surface area contributed by atoms with Crippen LogP contribution in [0.3, 0.4) is 0 Å². The van der Waals surface area contributed by atoms with Gasteiger partial charge in [0.05, 0.1) is 4.90 Å². The van der Waals surface area contributed by atoms with Crippen molar-refractivity contribution in [1.82, 2.24) is 5.32 Å². The smallest absolute Gasteiger partial charge is 0.137 e. The minimum absolute atomic E-state index is 0.248. The highest BCUT2D eigenvalue weighted by molar-refractivity contribution is 7.99. The molecule has 0 aliphatic heterocycles. The van der Waals surface area contributed by atoms with Gasteiger partial charge in [0, 0.05) is 17.5 Å². The monoisotopic (exact) mass is 293 g/mol. The highest BCUT2D eigenvalue weighted by Gasteiger charge is 2.10. The minimum atomic E-state index is -0.287. The zero-order valence-corrected chi connectivity index (χ0v) is 12.3. The quantitative estimate of drug-likeness (QED) is 0.863. The van der Waals surface area contributed by atoms with Crippen LogP contribution in [0.1, 0.15) is 19.4 Å². The van der Waals surface area contributed by atoms with Crippen molar-refractivity contribution in [3.8, 4) is 0 Å². The van der Waals surface area contributed by atoms with Crippen LogP contribution < -0.4 is 5.32 Å². The molecule has 0 aliphatic rings. The molecule has 0 heterocycles. The Kier molecular flexibility index (Phi) is 5.15. The van der Waals surface area contributed by atoms with Gasteiger partial charge in [-0.15, -0.1) is 0 Å². The van der Waals surface area contributed by atoms with Crippen molar-refractivity contribution < 1.29 is 8.78 Å². The molecule has 2 aromatic rings. The molecule has 1 nitrogen and oxygen atoms in total. The lowest BCUT2D eigenvalue weighted by Gasteiger charge is -2.13. The Labute approximate surface area is 122 Å². The number of nitrogens with one attached hydrogen (secondary N) is 1. The van der Waals surface area contributed by atoms with Crippen LogP contribution in [0.15, 0.2) is 52.3 Å². The minimum Gasteiger partial charge on any atom is -0.310 e. The predicted molar refractivity (Wildman–Crippen MR) is 78.9 cm³/mol. The molecule has 2 rings (SSSR count). The van der Waals surface area contributed by atoms with Gasteiger partial charge < -0.3 is 5.32 Å². The summed E-state index contributed by atoms with van der Waals surface area (Å²) in [7, 11) is 0. The van der Waals surface area contributed by atoms with Crippen molar-refractivity contribution in [3.63, 3.8) is 0 Å². The summed E-state index contributed by atoms with van der Waals surface area (Å²) < 4.78 is 26.9. The van der Waals surface area contributed by atoms with Crippen LogP contribution >= 0.6 is 11.8 Å². The van der Waals surface area contributed by atoms with Crippen molar-refractivity contribution in [2.45, 2.75) is 36.2 Å². The maximum Gasteiger partial charge on any atom is 0.137 e. The average molecular weight is 293 g/mol. The number of benzene rings is 2. The van der Waals surface area contributed by atoms with Gasteiger partial charge in [0.2, 0.25) is 0 Å². The third-order valence-electron chi connectivity index (χ3n) is 2.78. The lowest BCUT2D eigenvalue weighted by atomic mass is 10.2. The highest BCUT2D eigenvalue weighted by atomic mass is 32.2. The molecule has 0 aromatic heterocycles. The van der Waals surface area contributed by atoms with E-state index >= 15 is 0 Å². The second-order valence-electron chi connectivity index (χ2n) is 4.82. The maximum atomic E-state index is 14.0. The summed E-state index contributed by atoms with van der Waals surface area (Å²) >= 11 is 1.32. The Morgan fingerprint density at radius 3 is 2.40 bits per heavy atom. The summed E-state index contributed by atoms with van der Waals surface area (Å²) in [4.78, 5) is 1.41. The molecule has 4 heteroatoms. The van der Waals surface area contributed by atoms with Crippen LogP contribution in [-0.2, 0) is 6.54 Å². The number of halogens is 2. The molecule has 0 saturated heterocycles. The van der Waals surface area contributed by atoms with Crippen LogP contribution in [0.2, 0.25) is 0 Å². The standard InChI is InChI=1S/C16H17F2NS/c1-11(2)19-10-12-4-3-5-15(18)16(12)20-14-8-6-13(17)7-9-14/h3-9,11,19H,10H2,1-2H3. The third-order valence-corrected chi connectivity index (χ3v) is 3.95. The van der Waals surface area contributed by atoms with Crippen LogP contribution in [0, 0.1) is 11.6 Å². The van der Waals surface area contributed by atoms with Gasteiger partial charge in [-0.05, 0) is 35.9 Å². The van der Waals surface area contributed by atoms with Crippen molar-refractivity contribution in [3.05, 3.63) is 59.7 Å². The molecule has 106 valence electrons. The molecule has 0 atom stereocenters. The average Bonchev–Trinajstić information content (AvgIpc) is 2.41. The Hall–Kier alpha value is -1.39. The molecule has 0 bridgehead atoms. The first-order valence-corrected chi connectivity index (χ1v) is 7.32. The molecule has 0 radical (unpaired) electrons. The first-order chi connectivity index (χ1) is 9.56. The number of rotatable bonds is 5. The molecule has 0 fully saturated rings. The Bertz CT molecular complexity index is 567. The van der Waals surface area contributed by atoms with E-state index < -0.39 is 0 Å². The molecule has 0 amide bonds. The van der Waals surface area contributed by atoms with Gasteiger partial charge in [0.1, 0.15) is 11.6 Å². The SMILES string of the molecule is CC(C)NCc1cccc(F)c1Sc1ccc(F)cc1. The lowest BCUT2D eigenvalue weighted by molar-refractivity contribution is 0.564. The Morgan fingerprint density at radius 2 is 1.75 bits per heavy atom. The molecule has 1 N–H and O–H groups in total. The van der Waals surface area contributed by atoms with E-state index in [9.17, 15) is 8.78 Å². The zero-order chi connectivity index (χ0) is 14.5. The van der Waals surface area contributed by atoms with E-state index in [0.29, 0.717) is 17.5 Å². The topological polar surface area (TPSA) is 12.0 Å². The van der Waals surface area contributed by atoms with E-state index in [-0.39, 0.29) is 11.6 Å². The molecule has 0 unspecified atom stereocenters. The molecule has 2 aromatic carbocycles. The molecular formula is C16H17F2NS. The summed E-state index contributed by atoms with van der Waals surface area (Å²) in [5.74, 6) is -0.535. The summed E-state index contributed by atoms with van der Waals surface area (Å²) in [5, 5.41) is 3.28.